The summed E-state index contributed by atoms with van der Waals surface area (Å²) in [7, 11) is 4.40. The van der Waals surface area contributed by atoms with Gasteiger partial charge in [0, 0.05) is 0 Å². The number of hydrogen-bond acceptors (Lipinski definition) is 2. The van der Waals surface area contributed by atoms with Crippen LogP contribution in [0.1, 0.15) is 84.0 Å². The van der Waals surface area contributed by atoms with Crippen LogP contribution in [0, 0.1) is 0 Å². The van der Waals surface area contributed by atoms with Gasteiger partial charge in [-0.15, -0.1) is 11.6 Å². The quantitative estimate of drug-likeness (QED) is 0.147. The summed E-state index contributed by atoms with van der Waals surface area (Å²) >= 11 is 5.41. The van der Waals surface area contributed by atoms with Crippen molar-refractivity contribution in [2.75, 3.05) is 39.7 Å². The lowest BCUT2D eigenvalue weighted by Gasteiger charge is -2.29. The van der Waals surface area contributed by atoms with Crippen molar-refractivity contribution in [3.05, 3.63) is 0 Å². The molecule has 0 aliphatic carbocycles. The molecule has 24 heavy (non-hydrogen) atoms. The molecule has 0 amide bonds. The molecule has 0 bridgehead atoms. The highest BCUT2D eigenvalue weighted by molar-refractivity contribution is 6.26. The number of carbonyl (C=O) groups is 1. The fraction of sp³-hybridized carbons (Fsp3) is 0.950. The molecule has 4 heteroatoms. The Hall–Kier alpha value is -0.280. The molecule has 0 aromatic carbocycles. The molecule has 0 heterocycles. The maximum Gasteiger partial charge on any atom is 0.321 e. The van der Waals surface area contributed by atoms with Crippen molar-refractivity contribution >= 4 is 17.6 Å². The molecule has 0 saturated carbocycles. The lowest BCUT2D eigenvalue weighted by atomic mass is 10.1. The summed E-state index contributed by atoms with van der Waals surface area (Å²) in [5.74, 6) is -0.367. The van der Waals surface area contributed by atoms with E-state index in [1.807, 2.05) is 0 Å². The Balaban J connectivity index is 3.34. The molecule has 0 unspecified atom stereocenters. The lowest BCUT2D eigenvalue weighted by molar-refractivity contribution is -0.890. The number of nitrogens with zero attached hydrogens (tertiary/aromatic N) is 1. The Kier molecular flexibility index (Phi) is 16.0. The van der Waals surface area contributed by atoms with Gasteiger partial charge in [-0.2, -0.15) is 0 Å². The van der Waals surface area contributed by atoms with E-state index in [-0.39, 0.29) is 11.8 Å². The Morgan fingerprint density at radius 1 is 0.792 bits per heavy atom. The minimum atomic E-state index is -0.318. The van der Waals surface area contributed by atoms with E-state index in [1.165, 1.54) is 77.0 Å². The van der Waals surface area contributed by atoms with Crippen molar-refractivity contribution in [1.29, 1.82) is 0 Å². The molecule has 0 radical (unpaired) electrons. The van der Waals surface area contributed by atoms with Gasteiger partial charge in [-0.05, 0) is 12.8 Å². The van der Waals surface area contributed by atoms with Crippen molar-refractivity contribution in [2.24, 2.45) is 0 Å². The van der Waals surface area contributed by atoms with Crippen LogP contribution in [0.15, 0.2) is 0 Å². The Morgan fingerprint density at radius 2 is 1.25 bits per heavy atom. The average Bonchev–Trinajstić information content (AvgIpc) is 2.55. The molecule has 0 aromatic heterocycles. The van der Waals surface area contributed by atoms with Crippen LogP contribution in [0.4, 0.5) is 0 Å². The van der Waals surface area contributed by atoms with E-state index >= 15 is 0 Å². The SMILES string of the molecule is CCCCCCCCCCCCCC[N+](C)(C)CCOC(=O)CCl. The fourth-order valence-electron chi connectivity index (χ4n) is 2.94. The van der Waals surface area contributed by atoms with E-state index < -0.39 is 0 Å². The predicted octanol–water partition coefficient (Wildman–Crippen LogP) is 5.55. The molecule has 0 rings (SSSR count). The van der Waals surface area contributed by atoms with Gasteiger partial charge < -0.3 is 9.22 Å². The third kappa shape index (κ3) is 16.6. The highest BCUT2D eigenvalue weighted by Gasteiger charge is 2.15. The van der Waals surface area contributed by atoms with E-state index in [4.69, 9.17) is 16.3 Å². The monoisotopic (exact) mass is 362 g/mol. The number of hydrogen-bond donors (Lipinski definition) is 0. The minimum Gasteiger partial charge on any atom is -0.459 e. The van der Waals surface area contributed by atoms with Gasteiger partial charge in [-0.25, -0.2) is 0 Å². The van der Waals surface area contributed by atoms with E-state index in [9.17, 15) is 4.79 Å². The van der Waals surface area contributed by atoms with Crippen LogP contribution in [0.3, 0.4) is 0 Å². The van der Waals surface area contributed by atoms with E-state index in [0.29, 0.717) is 6.61 Å². The molecular formula is C20H41ClNO2+. The largest absolute Gasteiger partial charge is 0.459 e. The number of likely N-dealkylation sites (N-methyl/N-ethyl adjacent to an activating group) is 1. The summed E-state index contributed by atoms with van der Waals surface area (Å²) in [6.45, 7) is 4.75. The smallest absolute Gasteiger partial charge is 0.321 e. The second kappa shape index (κ2) is 16.2. The van der Waals surface area contributed by atoms with Crippen molar-refractivity contribution in [1.82, 2.24) is 0 Å². The van der Waals surface area contributed by atoms with Crippen LogP contribution in [0.2, 0.25) is 0 Å². The fourth-order valence-corrected chi connectivity index (χ4v) is 3.01. The first-order chi connectivity index (χ1) is 11.5. The molecule has 0 aliphatic rings. The van der Waals surface area contributed by atoms with Gasteiger partial charge in [-0.1, -0.05) is 71.1 Å². The number of unbranched alkanes of at least 4 members (excludes halogenated alkanes) is 11. The Morgan fingerprint density at radius 3 is 1.71 bits per heavy atom. The molecule has 0 saturated heterocycles. The molecule has 144 valence electrons. The third-order valence-electron chi connectivity index (χ3n) is 4.69. The number of ether oxygens (including phenoxy) is 1. The molecule has 0 fully saturated rings. The first-order valence-corrected chi connectivity index (χ1v) is 10.6. The molecule has 0 aromatic rings. The van der Waals surface area contributed by atoms with Crippen LogP contribution < -0.4 is 0 Å². The van der Waals surface area contributed by atoms with Crippen LogP contribution in [0.25, 0.3) is 0 Å². The third-order valence-corrected chi connectivity index (χ3v) is 4.90. The number of rotatable bonds is 17. The molecule has 0 atom stereocenters. The Bertz CT molecular complexity index is 295. The second-order valence-corrected chi connectivity index (χ2v) is 7.89. The number of carbonyl (C=O) groups excluding carboxylic acids is 1. The van der Waals surface area contributed by atoms with Crippen molar-refractivity contribution in [2.45, 2.75) is 84.0 Å². The zero-order chi connectivity index (χ0) is 18.1. The van der Waals surface area contributed by atoms with Gasteiger partial charge in [0.25, 0.3) is 0 Å². The van der Waals surface area contributed by atoms with Crippen molar-refractivity contribution in [3.63, 3.8) is 0 Å². The standard InChI is InChI=1S/C20H41ClNO2/c1-4-5-6-7-8-9-10-11-12-13-14-15-16-22(2,3)17-18-24-20(23)19-21/h4-19H2,1-3H3/q+1. The summed E-state index contributed by atoms with van der Waals surface area (Å²) in [5.41, 5.74) is 0. The van der Waals surface area contributed by atoms with Gasteiger partial charge in [0.15, 0.2) is 0 Å². The van der Waals surface area contributed by atoms with Gasteiger partial charge in [0.2, 0.25) is 0 Å². The predicted molar refractivity (Wildman–Crippen MR) is 105 cm³/mol. The number of alkyl halides is 1. The Labute approximate surface area is 155 Å². The number of quaternary nitrogens is 1. The van der Waals surface area contributed by atoms with E-state index in [1.54, 1.807) is 0 Å². The first-order valence-electron chi connectivity index (χ1n) is 10.1. The summed E-state index contributed by atoms with van der Waals surface area (Å²) in [4.78, 5) is 11.0. The molecular weight excluding hydrogens is 322 g/mol. The highest BCUT2D eigenvalue weighted by Crippen LogP contribution is 2.12. The summed E-state index contributed by atoms with van der Waals surface area (Å²) in [6, 6.07) is 0. The summed E-state index contributed by atoms with van der Waals surface area (Å²) in [5, 5.41) is 0. The average molecular weight is 363 g/mol. The summed E-state index contributed by atoms with van der Waals surface area (Å²) < 4.78 is 5.96. The molecule has 0 spiro atoms. The maximum atomic E-state index is 11.0. The van der Waals surface area contributed by atoms with Crippen LogP contribution in [0.5, 0.6) is 0 Å². The zero-order valence-electron chi connectivity index (χ0n) is 16.5. The van der Waals surface area contributed by atoms with Gasteiger partial charge in [-0.3, -0.25) is 4.79 Å². The minimum absolute atomic E-state index is 0.0494. The summed E-state index contributed by atoms with van der Waals surface area (Å²) in [6.07, 6.45) is 16.6. The van der Waals surface area contributed by atoms with E-state index in [2.05, 4.69) is 21.0 Å². The second-order valence-electron chi connectivity index (χ2n) is 7.63. The van der Waals surface area contributed by atoms with Crippen LogP contribution >= 0.6 is 11.6 Å². The van der Waals surface area contributed by atoms with Crippen LogP contribution in [-0.2, 0) is 9.53 Å². The maximum absolute atomic E-state index is 11.0. The van der Waals surface area contributed by atoms with Gasteiger partial charge in [0.05, 0.1) is 20.6 Å². The van der Waals surface area contributed by atoms with Gasteiger partial charge in [0.1, 0.15) is 19.0 Å². The number of esters is 1. The lowest BCUT2D eigenvalue weighted by Crippen LogP contribution is -2.43. The first kappa shape index (κ1) is 23.7. The zero-order valence-corrected chi connectivity index (χ0v) is 17.2. The van der Waals surface area contributed by atoms with Crippen molar-refractivity contribution < 1.29 is 14.0 Å². The molecule has 0 N–H and O–H groups in total. The topological polar surface area (TPSA) is 26.3 Å². The molecule has 0 aliphatic heterocycles. The highest BCUT2D eigenvalue weighted by atomic mass is 35.5. The molecule has 3 nitrogen and oxygen atoms in total. The van der Waals surface area contributed by atoms with Gasteiger partial charge >= 0.3 is 5.97 Å². The number of halogens is 1. The van der Waals surface area contributed by atoms with Crippen LogP contribution in [-0.4, -0.2) is 50.1 Å². The van der Waals surface area contributed by atoms with Crippen molar-refractivity contribution in [3.8, 4) is 0 Å². The van der Waals surface area contributed by atoms with E-state index in [0.717, 1.165) is 17.6 Å². The normalized spacial score (nSPS) is 11.7.